The van der Waals surface area contributed by atoms with Gasteiger partial charge in [-0.15, -0.1) is 0 Å². The van der Waals surface area contributed by atoms with Gasteiger partial charge in [-0.1, -0.05) is 20.3 Å². The van der Waals surface area contributed by atoms with E-state index >= 15 is 0 Å². The Balaban J connectivity index is 3.92. The van der Waals surface area contributed by atoms with Gasteiger partial charge in [-0.05, 0) is 26.2 Å². The molecule has 0 rings (SSSR count). The molecule has 0 saturated carbocycles. The molecule has 0 aromatic carbocycles. The molecule has 0 saturated heterocycles. The lowest BCUT2D eigenvalue weighted by Gasteiger charge is -2.27. The van der Waals surface area contributed by atoms with Crippen molar-refractivity contribution in [1.82, 2.24) is 10.2 Å². The van der Waals surface area contributed by atoms with Crippen LogP contribution in [0.15, 0.2) is 0 Å². The van der Waals surface area contributed by atoms with Crippen LogP contribution >= 0.6 is 0 Å². The fourth-order valence-electron chi connectivity index (χ4n) is 1.61. The number of carbonyl (C=O) groups excluding carboxylic acids is 1. The minimum atomic E-state index is -0.997. The molecule has 118 valence electrons. The summed E-state index contributed by atoms with van der Waals surface area (Å²) < 4.78 is 5.39. The van der Waals surface area contributed by atoms with Crippen molar-refractivity contribution in [3.63, 3.8) is 0 Å². The van der Waals surface area contributed by atoms with Crippen LogP contribution in [0.1, 0.15) is 46.5 Å². The number of hydrogen-bond acceptors (Lipinski definition) is 3. The van der Waals surface area contributed by atoms with Crippen LogP contribution in [0.4, 0.5) is 4.79 Å². The number of urea groups is 1. The number of nitrogens with zero attached hydrogens (tertiary/aromatic N) is 1. The first-order valence-corrected chi connectivity index (χ1v) is 7.36. The van der Waals surface area contributed by atoms with Crippen LogP contribution in [-0.2, 0) is 9.53 Å². The predicted octanol–water partition coefficient (Wildman–Crippen LogP) is 2.09. The Morgan fingerprint density at radius 1 is 1.25 bits per heavy atom. The zero-order chi connectivity index (χ0) is 15.4. The number of nitrogens with one attached hydrogen (secondary N) is 1. The molecule has 6 heteroatoms. The summed E-state index contributed by atoms with van der Waals surface area (Å²) in [4.78, 5) is 24.0. The van der Waals surface area contributed by atoms with Crippen LogP contribution in [0.3, 0.4) is 0 Å². The highest BCUT2D eigenvalue weighted by molar-refractivity contribution is 5.80. The first-order valence-electron chi connectivity index (χ1n) is 7.36. The van der Waals surface area contributed by atoms with Gasteiger partial charge >= 0.3 is 12.0 Å². The topological polar surface area (TPSA) is 78.9 Å². The molecular weight excluding hydrogens is 260 g/mol. The number of rotatable bonds is 11. The normalized spacial score (nSPS) is 11.9. The molecular formula is C14H28N2O4. The molecule has 6 nitrogen and oxygen atoms in total. The monoisotopic (exact) mass is 288 g/mol. The maximum absolute atomic E-state index is 11.9. The Labute approximate surface area is 121 Å². The van der Waals surface area contributed by atoms with E-state index in [4.69, 9.17) is 9.84 Å². The van der Waals surface area contributed by atoms with Crippen LogP contribution in [0.2, 0.25) is 0 Å². The van der Waals surface area contributed by atoms with E-state index in [0.29, 0.717) is 13.2 Å². The lowest BCUT2D eigenvalue weighted by Crippen LogP contribution is -2.47. The smallest absolute Gasteiger partial charge is 0.323 e. The van der Waals surface area contributed by atoms with Crippen LogP contribution < -0.4 is 5.32 Å². The first-order chi connectivity index (χ1) is 9.52. The minimum absolute atomic E-state index is 0.0908. The summed E-state index contributed by atoms with van der Waals surface area (Å²) in [6.45, 7) is 7.47. The Hall–Kier alpha value is -1.30. The summed E-state index contributed by atoms with van der Waals surface area (Å²) in [5.74, 6) is -0.997. The largest absolute Gasteiger partial charge is 0.480 e. The second-order valence-corrected chi connectivity index (χ2v) is 4.83. The lowest BCUT2D eigenvalue weighted by atomic mass is 10.2. The Bertz CT molecular complexity index is 284. The molecule has 0 heterocycles. The lowest BCUT2D eigenvalue weighted by molar-refractivity contribution is -0.138. The number of carbonyl (C=O) groups is 2. The molecule has 1 unspecified atom stereocenters. The Morgan fingerprint density at radius 3 is 2.45 bits per heavy atom. The van der Waals surface area contributed by atoms with Crippen molar-refractivity contribution in [3.05, 3.63) is 0 Å². The molecule has 0 aliphatic rings. The van der Waals surface area contributed by atoms with Gasteiger partial charge in [0.15, 0.2) is 0 Å². The van der Waals surface area contributed by atoms with E-state index in [-0.39, 0.29) is 18.6 Å². The highest BCUT2D eigenvalue weighted by atomic mass is 16.5. The fourth-order valence-corrected chi connectivity index (χ4v) is 1.61. The van der Waals surface area contributed by atoms with Crippen molar-refractivity contribution in [2.24, 2.45) is 0 Å². The molecule has 0 fully saturated rings. The summed E-state index contributed by atoms with van der Waals surface area (Å²) in [6.07, 6.45) is 3.61. The van der Waals surface area contributed by atoms with Gasteiger partial charge < -0.3 is 20.1 Å². The molecule has 2 N–H and O–H groups in total. The number of carboxylic acid groups (broad SMARTS) is 1. The number of carboxylic acids is 1. The summed E-state index contributed by atoms with van der Waals surface area (Å²) in [7, 11) is 0. The minimum Gasteiger partial charge on any atom is -0.480 e. The van der Waals surface area contributed by atoms with Crippen molar-refractivity contribution in [1.29, 1.82) is 0 Å². The van der Waals surface area contributed by atoms with E-state index in [9.17, 15) is 9.59 Å². The first kappa shape index (κ1) is 18.7. The zero-order valence-corrected chi connectivity index (χ0v) is 12.9. The SMILES string of the molecule is CCCCOCCCNC(=O)N(CC(=O)O)C(C)CC. The third-order valence-corrected chi connectivity index (χ3v) is 3.07. The van der Waals surface area contributed by atoms with E-state index in [1.807, 2.05) is 13.8 Å². The highest BCUT2D eigenvalue weighted by Gasteiger charge is 2.20. The summed E-state index contributed by atoms with van der Waals surface area (Å²) in [6, 6.07) is -0.415. The van der Waals surface area contributed by atoms with Gasteiger partial charge in [0.05, 0.1) is 0 Å². The van der Waals surface area contributed by atoms with E-state index in [1.54, 1.807) is 0 Å². The average Bonchev–Trinajstić information content (AvgIpc) is 2.42. The Kier molecular flexibility index (Phi) is 10.8. The van der Waals surface area contributed by atoms with Crippen LogP contribution in [0.25, 0.3) is 0 Å². The van der Waals surface area contributed by atoms with E-state index < -0.39 is 5.97 Å². The van der Waals surface area contributed by atoms with Crippen molar-refractivity contribution in [2.75, 3.05) is 26.3 Å². The second kappa shape index (κ2) is 11.5. The standard InChI is InChI=1S/C14H28N2O4/c1-4-6-9-20-10-7-8-15-14(19)16(11-13(17)18)12(3)5-2/h12H,4-11H2,1-3H3,(H,15,19)(H,17,18). The summed E-state index contributed by atoms with van der Waals surface area (Å²) >= 11 is 0. The number of amides is 2. The van der Waals surface area contributed by atoms with Crippen molar-refractivity contribution in [3.8, 4) is 0 Å². The molecule has 0 aromatic rings. The fraction of sp³-hybridized carbons (Fsp3) is 0.857. The molecule has 0 spiro atoms. The van der Waals surface area contributed by atoms with Gasteiger partial charge in [-0.25, -0.2) is 4.79 Å². The van der Waals surface area contributed by atoms with Gasteiger partial charge in [-0.3, -0.25) is 4.79 Å². The van der Waals surface area contributed by atoms with Gasteiger partial charge in [0.1, 0.15) is 6.54 Å². The van der Waals surface area contributed by atoms with Gasteiger partial charge in [0.2, 0.25) is 0 Å². The number of aliphatic carboxylic acids is 1. The van der Waals surface area contributed by atoms with E-state index in [2.05, 4.69) is 12.2 Å². The van der Waals surface area contributed by atoms with Gasteiger partial charge in [0.25, 0.3) is 0 Å². The third kappa shape index (κ3) is 8.74. The molecule has 0 aliphatic heterocycles. The van der Waals surface area contributed by atoms with Gasteiger partial charge in [0, 0.05) is 25.8 Å². The molecule has 0 aromatic heterocycles. The van der Waals surface area contributed by atoms with Crippen LogP contribution in [-0.4, -0.2) is 54.4 Å². The highest BCUT2D eigenvalue weighted by Crippen LogP contribution is 2.03. The molecule has 0 radical (unpaired) electrons. The molecule has 0 aliphatic carbocycles. The number of hydrogen-bond donors (Lipinski definition) is 2. The average molecular weight is 288 g/mol. The molecule has 0 bridgehead atoms. The van der Waals surface area contributed by atoms with Gasteiger partial charge in [-0.2, -0.15) is 0 Å². The summed E-state index contributed by atoms with van der Waals surface area (Å²) in [5.41, 5.74) is 0. The predicted molar refractivity (Wildman–Crippen MR) is 77.8 cm³/mol. The quantitative estimate of drug-likeness (QED) is 0.571. The molecule has 20 heavy (non-hydrogen) atoms. The third-order valence-electron chi connectivity index (χ3n) is 3.07. The number of unbranched alkanes of at least 4 members (excludes halogenated alkanes) is 1. The number of ether oxygens (including phenoxy) is 1. The van der Waals surface area contributed by atoms with Crippen molar-refractivity contribution >= 4 is 12.0 Å². The van der Waals surface area contributed by atoms with E-state index in [1.165, 1.54) is 4.90 Å². The second-order valence-electron chi connectivity index (χ2n) is 4.83. The molecule has 1 atom stereocenters. The van der Waals surface area contributed by atoms with Crippen molar-refractivity contribution < 1.29 is 19.4 Å². The Morgan fingerprint density at radius 2 is 1.90 bits per heavy atom. The van der Waals surface area contributed by atoms with Crippen LogP contribution in [0, 0.1) is 0 Å². The van der Waals surface area contributed by atoms with Crippen molar-refractivity contribution in [2.45, 2.75) is 52.5 Å². The van der Waals surface area contributed by atoms with E-state index in [0.717, 1.165) is 32.3 Å². The summed E-state index contributed by atoms with van der Waals surface area (Å²) in [5, 5.41) is 11.6. The van der Waals surface area contributed by atoms with Crippen LogP contribution in [0.5, 0.6) is 0 Å². The zero-order valence-electron chi connectivity index (χ0n) is 12.9. The maximum Gasteiger partial charge on any atom is 0.323 e. The molecule has 2 amide bonds. The maximum atomic E-state index is 11.9.